The number of hydrogen-bond acceptors (Lipinski definition) is 5. The maximum Gasteiger partial charge on any atom is 0.413 e. The van der Waals surface area contributed by atoms with Crippen LogP contribution in [0.1, 0.15) is 27.7 Å². The fourth-order valence-electron chi connectivity index (χ4n) is 1.43. The second-order valence-electron chi connectivity index (χ2n) is 5.29. The molecule has 112 valence electrons. The molecule has 0 spiro atoms. The third-order valence-corrected chi connectivity index (χ3v) is 4.17. The Balaban J connectivity index is 2.73. The van der Waals surface area contributed by atoms with Crippen molar-refractivity contribution < 1.29 is 18.6 Å². The average molecular weight is 300 g/mol. The third kappa shape index (κ3) is 5.31. The van der Waals surface area contributed by atoms with E-state index in [1.165, 1.54) is 12.9 Å². The summed E-state index contributed by atoms with van der Waals surface area (Å²) in [6, 6.07) is 3.19. The Morgan fingerprint density at radius 3 is 2.50 bits per heavy atom. The quantitative estimate of drug-likeness (QED) is 0.865. The van der Waals surface area contributed by atoms with Gasteiger partial charge in [0.1, 0.15) is 11.4 Å². The molecule has 1 atom stereocenters. The lowest BCUT2D eigenvalue weighted by Crippen LogP contribution is -2.27. The Hall–Kier alpha value is -1.39. The molecule has 0 aliphatic carbocycles. The minimum absolute atomic E-state index is 0.333. The summed E-state index contributed by atoms with van der Waals surface area (Å²) in [5.74, 6) is 0.333. The van der Waals surface area contributed by atoms with E-state index in [1.807, 2.05) is 0 Å². The number of amides is 1. The molecule has 1 amide bonds. The Labute approximate surface area is 119 Å². The maximum atomic E-state index is 12.2. The van der Waals surface area contributed by atoms with Crippen LogP contribution in [-0.4, -0.2) is 29.9 Å². The molecule has 0 fully saturated rings. The topological polar surface area (TPSA) is 77.5 Å². The van der Waals surface area contributed by atoms with Gasteiger partial charge in [-0.1, -0.05) is 0 Å². The van der Waals surface area contributed by atoms with Crippen LogP contribution >= 0.6 is 7.37 Å². The van der Waals surface area contributed by atoms with Crippen molar-refractivity contribution in [2.45, 2.75) is 33.3 Å². The molecule has 0 saturated carbocycles. The standard InChI is InChI=1S/C13H21N2O4P/c1-6-18-20(5,17)10-7-8-11(14-9-10)15-12(16)19-13(2,3)4/h7-9H,6H2,1-5H3,(H,14,15,16). The van der Waals surface area contributed by atoms with Crippen LogP contribution in [0, 0.1) is 0 Å². The molecule has 1 unspecified atom stereocenters. The number of nitrogens with one attached hydrogen (secondary N) is 1. The summed E-state index contributed by atoms with van der Waals surface area (Å²) in [5, 5.41) is 3.01. The zero-order valence-electron chi connectivity index (χ0n) is 12.5. The van der Waals surface area contributed by atoms with Crippen molar-refractivity contribution in [3.05, 3.63) is 18.3 Å². The van der Waals surface area contributed by atoms with Gasteiger partial charge < -0.3 is 9.26 Å². The van der Waals surface area contributed by atoms with E-state index in [0.29, 0.717) is 17.7 Å². The summed E-state index contributed by atoms with van der Waals surface area (Å²) in [5.41, 5.74) is -0.571. The van der Waals surface area contributed by atoms with Crippen molar-refractivity contribution in [2.75, 3.05) is 18.6 Å². The van der Waals surface area contributed by atoms with Crippen LogP contribution in [0.15, 0.2) is 18.3 Å². The first-order chi connectivity index (χ1) is 9.14. The first-order valence-corrected chi connectivity index (χ1v) is 8.40. The molecule has 1 aromatic heterocycles. The van der Waals surface area contributed by atoms with Crippen molar-refractivity contribution >= 4 is 24.6 Å². The summed E-state index contributed by atoms with van der Waals surface area (Å²) in [6.07, 6.45) is 0.852. The van der Waals surface area contributed by atoms with Crippen molar-refractivity contribution in [3.8, 4) is 0 Å². The van der Waals surface area contributed by atoms with Crippen LogP contribution in [0.3, 0.4) is 0 Å². The summed E-state index contributed by atoms with van der Waals surface area (Å²) >= 11 is 0. The lowest BCUT2D eigenvalue weighted by atomic mass is 10.2. The van der Waals surface area contributed by atoms with Crippen molar-refractivity contribution in [2.24, 2.45) is 0 Å². The van der Waals surface area contributed by atoms with E-state index in [2.05, 4.69) is 10.3 Å². The van der Waals surface area contributed by atoms with E-state index >= 15 is 0 Å². The second kappa shape index (κ2) is 6.37. The van der Waals surface area contributed by atoms with Crippen molar-refractivity contribution in [1.29, 1.82) is 0 Å². The summed E-state index contributed by atoms with van der Waals surface area (Å²) in [4.78, 5) is 15.6. The van der Waals surface area contributed by atoms with Crippen LogP contribution in [0.25, 0.3) is 0 Å². The smallest absolute Gasteiger partial charge is 0.413 e. The monoisotopic (exact) mass is 300 g/mol. The van der Waals surface area contributed by atoms with Gasteiger partial charge in [0.15, 0.2) is 0 Å². The number of carbonyl (C=O) groups excluding carboxylic acids is 1. The molecule has 0 aliphatic rings. The van der Waals surface area contributed by atoms with Crippen LogP contribution in [0.4, 0.5) is 10.6 Å². The number of carbonyl (C=O) groups is 1. The fraction of sp³-hybridized carbons (Fsp3) is 0.538. The summed E-state index contributed by atoms with van der Waals surface area (Å²) in [7, 11) is -2.84. The molecular formula is C13H21N2O4P. The van der Waals surface area contributed by atoms with Gasteiger partial charge in [-0.15, -0.1) is 0 Å². The van der Waals surface area contributed by atoms with Gasteiger partial charge in [0.2, 0.25) is 7.37 Å². The molecule has 7 heteroatoms. The zero-order valence-corrected chi connectivity index (χ0v) is 13.4. The molecule has 0 radical (unpaired) electrons. The molecule has 1 N–H and O–H groups in total. The number of ether oxygens (including phenoxy) is 1. The molecule has 0 bridgehead atoms. The molecule has 0 aromatic carbocycles. The fourth-order valence-corrected chi connectivity index (χ4v) is 2.68. The van der Waals surface area contributed by atoms with Crippen LogP contribution in [0.2, 0.25) is 0 Å². The molecule has 0 saturated heterocycles. The van der Waals surface area contributed by atoms with Crippen LogP contribution < -0.4 is 10.6 Å². The number of aromatic nitrogens is 1. The van der Waals surface area contributed by atoms with E-state index in [4.69, 9.17) is 9.26 Å². The predicted octanol–water partition coefficient (Wildman–Crippen LogP) is 3.00. The summed E-state index contributed by atoms with van der Waals surface area (Å²) < 4.78 is 22.5. The lowest BCUT2D eigenvalue weighted by molar-refractivity contribution is 0.0635. The highest BCUT2D eigenvalue weighted by molar-refractivity contribution is 7.66. The number of rotatable bonds is 4. The number of nitrogens with zero attached hydrogens (tertiary/aromatic N) is 1. The first kappa shape index (κ1) is 16.7. The van der Waals surface area contributed by atoms with Crippen LogP contribution in [-0.2, 0) is 13.8 Å². The molecule has 20 heavy (non-hydrogen) atoms. The molecular weight excluding hydrogens is 279 g/mol. The molecule has 1 aromatic rings. The van der Waals surface area contributed by atoms with Gasteiger partial charge in [0, 0.05) is 12.9 Å². The minimum Gasteiger partial charge on any atom is -0.444 e. The second-order valence-corrected chi connectivity index (χ2v) is 7.76. The van der Waals surface area contributed by atoms with Crippen molar-refractivity contribution in [1.82, 2.24) is 4.98 Å². The lowest BCUT2D eigenvalue weighted by Gasteiger charge is -2.19. The molecule has 1 rings (SSSR count). The summed E-state index contributed by atoms with van der Waals surface area (Å²) in [6.45, 7) is 9.01. The molecule has 1 heterocycles. The molecule has 0 aliphatic heterocycles. The van der Waals surface area contributed by atoms with Gasteiger partial charge in [-0.3, -0.25) is 9.88 Å². The van der Waals surface area contributed by atoms with E-state index < -0.39 is 19.1 Å². The van der Waals surface area contributed by atoms with Crippen molar-refractivity contribution in [3.63, 3.8) is 0 Å². The Morgan fingerprint density at radius 1 is 1.40 bits per heavy atom. The van der Waals surface area contributed by atoms with Gasteiger partial charge in [-0.05, 0) is 39.8 Å². The molecule has 6 nitrogen and oxygen atoms in total. The third-order valence-electron chi connectivity index (χ3n) is 2.22. The Kier molecular flexibility index (Phi) is 5.31. The van der Waals surface area contributed by atoms with Gasteiger partial charge >= 0.3 is 6.09 Å². The average Bonchev–Trinajstić information content (AvgIpc) is 2.26. The first-order valence-electron chi connectivity index (χ1n) is 6.33. The van der Waals surface area contributed by atoms with Gasteiger partial charge in [-0.25, -0.2) is 9.78 Å². The highest BCUT2D eigenvalue weighted by Crippen LogP contribution is 2.40. The van der Waals surface area contributed by atoms with E-state index in [1.54, 1.807) is 39.8 Å². The minimum atomic E-state index is -2.84. The largest absolute Gasteiger partial charge is 0.444 e. The normalized spacial score (nSPS) is 14.4. The zero-order chi connectivity index (χ0) is 15.4. The van der Waals surface area contributed by atoms with E-state index in [9.17, 15) is 9.36 Å². The van der Waals surface area contributed by atoms with Crippen LogP contribution in [0.5, 0.6) is 0 Å². The van der Waals surface area contributed by atoms with Gasteiger partial charge in [0.25, 0.3) is 0 Å². The highest BCUT2D eigenvalue weighted by atomic mass is 31.2. The van der Waals surface area contributed by atoms with E-state index in [-0.39, 0.29) is 0 Å². The van der Waals surface area contributed by atoms with Gasteiger partial charge in [0.05, 0.1) is 11.9 Å². The maximum absolute atomic E-state index is 12.2. The highest BCUT2D eigenvalue weighted by Gasteiger charge is 2.20. The number of hydrogen-bond donors (Lipinski definition) is 1. The van der Waals surface area contributed by atoms with Gasteiger partial charge in [-0.2, -0.15) is 0 Å². The number of pyridine rings is 1. The Bertz CT molecular complexity index is 508. The SMILES string of the molecule is CCOP(C)(=O)c1ccc(NC(=O)OC(C)(C)C)nc1. The predicted molar refractivity (Wildman–Crippen MR) is 78.9 cm³/mol. The van der Waals surface area contributed by atoms with E-state index in [0.717, 1.165) is 0 Å². The number of anilines is 1. The Morgan fingerprint density at radius 2 is 2.05 bits per heavy atom.